The van der Waals surface area contributed by atoms with Crippen LogP contribution < -0.4 is 5.32 Å². The number of ether oxygens (including phenoxy) is 1. The highest BCUT2D eigenvalue weighted by molar-refractivity contribution is 5.95. The van der Waals surface area contributed by atoms with E-state index in [4.69, 9.17) is 10.00 Å². The van der Waals surface area contributed by atoms with Gasteiger partial charge in [0.15, 0.2) is 0 Å². The fourth-order valence-corrected chi connectivity index (χ4v) is 1.03. The molecule has 0 heterocycles. The van der Waals surface area contributed by atoms with Crippen LogP contribution in [-0.2, 0) is 9.53 Å². The molecule has 0 saturated carbocycles. The van der Waals surface area contributed by atoms with E-state index in [1.165, 1.54) is 7.11 Å². The van der Waals surface area contributed by atoms with Gasteiger partial charge in [0.2, 0.25) is 0 Å². The molecule has 0 aromatic heterocycles. The first-order valence-electron chi connectivity index (χ1n) is 4.52. The molecule has 0 bridgehead atoms. The fourth-order valence-electron chi connectivity index (χ4n) is 1.03. The number of anilines is 1. The van der Waals surface area contributed by atoms with Crippen molar-refractivity contribution in [1.29, 1.82) is 5.26 Å². The number of nitrogens with zero attached hydrogens (tertiary/aromatic N) is 1. The molecule has 1 aromatic carbocycles. The van der Waals surface area contributed by atoms with Crippen LogP contribution in [0.25, 0.3) is 0 Å². The van der Waals surface area contributed by atoms with Crippen molar-refractivity contribution < 1.29 is 9.53 Å². The summed E-state index contributed by atoms with van der Waals surface area (Å²) in [7, 11) is 1.46. The average Bonchev–Trinajstić information content (AvgIpc) is 2.28. The van der Waals surface area contributed by atoms with Crippen molar-refractivity contribution >= 4 is 11.6 Å². The molecule has 1 amide bonds. The van der Waals surface area contributed by atoms with Crippen LogP contribution in [0.1, 0.15) is 12.5 Å². The number of nitrogens with one attached hydrogen (secondary N) is 1. The Labute approximate surface area is 88.5 Å². The second kappa shape index (κ2) is 5.13. The van der Waals surface area contributed by atoms with E-state index in [0.717, 1.165) is 0 Å². The lowest BCUT2D eigenvalue weighted by atomic mass is 10.2. The smallest absolute Gasteiger partial charge is 0.253 e. The van der Waals surface area contributed by atoms with Crippen molar-refractivity contribution in [3.63, 3.8) is 0 Å². The maximum atomic E-state index is 11.5. The van der Waals surface area contributed by atoms with Gasteiger partial charge >= 0.3 is 0 Å². The summed E-state index contributed by atoms with van der Waals surface area (Å²) in [6.45, 7) is 1.64. The molecule has 15 heavy (non-hydrogen) atoms. The van der Waals surface area contributed by atoms with E-state index in [0.29, 0.717) is 11.3 Å². The van der Waals surface area contributed by atoms with E-state index < -0.39 is 6.10 Å². The molecule has 4 nitrogen and oxygen atoms in total. The molecule has 0 fully saturated rings. The Kier molecular flexibility index (Phi) is 3.83. The average molecular weight is 204 g/mol. The minimum Gasteiger partial charge on any atom is -0.372 e. The maximum absolute atomic E-state index is 11.5. The van der Waals surface area contributed by atoms with E-state index >= 15 is 0 Å². The van der Waals surface area contributed by atoms with Crippen molar-refractivity contribution in [2.45, 2.75) is 13.0 Å². The van der Waals surface area contributed by atoms with E-state index in [-0.39, 0.29) is 5.91 Å². The summed E-state index contributed by atoms with van der Waals surface area (Å²) >= 11 is 0. The maximum Gasteiger partial charge on any atom is 0.253 e. The Balaban J connectivity index is 2.81. The Morgan fingerprint density at radius 3 is 2.80 bits per heavy atom. The van der Waals surface area contributed by atoms with Gasteiger partial charge in [-0.1, -0.05) is 12.1 Å². The zero-order valence-corrected chi connectivity index (χ0v) is 8.65. The number of rotatable bonds is 3. The van der Waals surface area contributed by atoms with Crippen molar-refractivity contribution in [3.05, 3.63) is 29.8 Å². The number of hydrogen-bond acceptors (Lipinski definition) is 3. The SMILES string of the molecule is COC(C)C(=O)Nc1ccccc1C#N. The first-order valence-corrected chi connectivity index (χ1v) is 4.52. The van der Waals surface area contributed by atoms with Crippen LogP contribution >= 0.6 is 0 Å². The monoisotopic (exact) mass is 204 g/mol. The van der Waals surface area contributed by atoms with Gasteiger partial charge < -0.3 is 10.1 Å². The summed E-state index contributed by atoms with van der Waals surface area (Å²) in [5.41, 5.74) is 0.947. The third-order valence-electron chi connectivity index (χ3n) is 2.03. The van der Waals surface area contributed by atoms with Gasteiger partial charge in [0, 0.05) is 7.11 Å². The summed E-state index contributed by atoms with van der Waals surface area (Å²) in [6.07, 6.45) is -0.531. The lowest BCUT2D eigenvalue weighted by Gasteiger charge is -2.10. The summed E-state index contributed by atoms with van der Waals surface area (Å²) in [5, 5.41) is 11.4. The van der Waals surface area contributed by atoms with Gasteiger partial charge in [-0.25, -0.2) is 0 Å². The van der Waals surface area contributed by atoms with Crippen LogP contribution in [0.2, 0.25) is 0 Å². The number of para-hydroxylation sites is 1. The topological polar surface area (TPSA) is 62.1 Å². The Bertz CT molecular complexity index is 396. The standard InChI is InChI=1S/C11H12N2O2/c1-8(15-2)11(14)13-10-6-4-3-5-9(10)7-12/h3-6,8H,1-2H3,(H,13,14). The molecule has 1 rings (SSSR count). The lowest BCUT2D eigenvalue weighted by Crippen LogP contribution is -2.26. The van der Waals surface area contributed by atoms with Crippen LogP contribution in [0.3, 0.4) is 0 Å². The molecule has 0 radical (unpaired) electrons. The summed E-state index contributed by atoms with van der Waals surface area (Å²) < 4.78 is 4.86. The van der Waals surface area contributed by atoms with Gasteiger partial charge in [0.1, 0.15) is 12.2 Å². The summed E-state index contributed by atoms with van der Waals surface area (Å²) in [6, 6.07) is 8.83. The number of hydrogen-bond donors (Lipinski definition) is 1. The summed E-state index contributed by atoms with van der Waals surface area (Å²) in [4.78, 5) is 11.5. The predicted molar refractivity (Wildman–Crippen MR) is 56.3 cm³/mol. The molecule has 1 unspecified atom stereocenters. The van der Waals surface area contributed by atoms with Crippen molar-refractivity contribution in [3.8, 4) is 6.07 Å². The van der Waals surface area contributed by atoms with Crippen LogP contribution in [0.5, 0.6) is 0 Å². The third kappa shape index (κ3) is 2.79. The first-order chi connectivity index (χ1) is 7.19. The summed E-state index contributed by atoms with van der Waals surface area (Å²) in [5.74, 6) is -0.264. The molecular formula is C11H12N2O2. The molecule has 1 N–H and O–H groups in total. The third-order valence-corrected chi connectivity index (χ3v) is 2.03. The van der Waals surface area contributed by atoms with Crippen LogP contribution in [0.15, 0.2) is 24.3 Å². The highest BCUT2D eigenvalue weighted by atomic mass is 16.5. The Morgan fingerprint density at radius 2 is 2.20 bits per heavy atom. The lowest BCUT2D eigenvalue weighted by molar-refractivity contribution is -0.124. The zero-order valence-electron chi connectivity index (χ0n) is 8.65. The Morgan fingerprint density at radius 1 is 1.53 bits per heavy atom. The van der Waals surface area contributed by atoms with Gasteiger partial charge in [-0.05, 0) is 19.1 Å². The van der Waals surface area contributed by atoms with Crippen molar-refractivity contribution in [2.75, 3.05) is 12.4 Å². The van der Waals surface area contributed by atoms with Crippen LogP contribution in [0.4, 0.5) is 5.69 Å². The molecule has 0 saturated heterocycles. The normalized spacial score (nSPS) is 11.5. The predicted octanol–water partition coefficient (Wildman–Crippen LogP) is 1.53. The quantitative estimate of drug-likeness (QED) is 0.812. The number of methoxy groups -OCH3 is 1. The minimum absolute atomic E-state index is 0.264. The minimum atomic E-state index is -0.531. The molecule has 0 spiro atoms. The molecular weight excluding hydrogens is 192 g/mol. The Hall–Kier alpha value is -1.86. The van der Waals surface area contributed by atoms with Gasteiger partial charge in [-0.2, -0.15) is 5.26 Å². The van der Waals surface area contributed by atoms with E-state index in [1.54, 1.807) is 31.2 Å². The molecule has 1 aromatic rings. The van der Waals surface area contributed by atoms with Gasteiger partial charge in [-0.3, -0.25) is 4.79 Å². The number of nitriles is 1. The molecule has 0 aliphatic rings. The van der Waals surface area contributed by atoms with Crippen LogP contribution in [-0.4, -0.2) is 19.1 Å². The number of benzene rings is 1. The van der Waals surface area contributed by atoms with Crippen molar-refractivity contribution in [2.24, 2.45) is 0 Å². The molecule has 0 aliphatic carbocycles. The van der Waals surface area contributed by atoms with Gasteiger partial charge in [0.05, 0.1) is 11.3 Å². The highest BCUT2D eigenvalue weighted by Crippen LogP contribution is 2.13. The van der Waals surface area contributed by atoms with E-state index in [2.05, 4.69) is 5.32 Å². The van der Waals surface area contributed by atoms with Crippen LogP contribution in [0, 0.1) is 11.3 Å². The van der Waals surface area contributed by atoms with E-state index in [1.807, 2.05) is 6.07 Å². The van der Waals surface area contributed by atoms with Gasteiger partial charge in [0.25, 0.3) is 5.91 Å². The largest absolute Gasteiger partial charge is 0.372 e. The molecule has 4 heteroatoms. The molecule has 78 valence electrons. The highest BCUT2D eigenvalue weighted by Gasteiger charge is 2.12. The number of carbonyl (C=O) groups is 1. The second-order valence-corrected chi connectivity index (χ2v) is 3.02. The first kappa shape index (κ1) is 11.2. The second-order valence-electron chi connectivity index (χ2n) is 3.02. The van der Waals surface area contributed by atoms with E-state index in [9.17, 15) is 4.79 Å². The number of carbonyl (C=O) groups excluding carboxylic acids is 1. The van der Waals surface area contributed by atoms with Crippen molar-refractivity contribution in [1.82, 2.24) is 0 Å². The fraction of sp³-hybridized carbons (Fsp3) is 0.273. The van der Waals surface area contributed by atoms with Gasteiger partial charge in [-0.15, -0.1) is 0 Å². The zero-order chi connectivity index (χ0) is 11.3. The molecule has 0 aliphatic heterocycles. The molecule has 1 atom stereocenters. The number of amides is 1.